The van der Waals surface area contributed by atoms with E-state index in [1.165, 1.54) is 16.8 Å². The average molecular weight is 311 g/mol. The van der Waals surface area contributed by atoms with Gasteiger partial charge in [0.2, 0.25) is 5.16 Å². The molecule has 2 aromatic rings. The van der Waals surface area contributed by atoms with Crippen LogP contribution in [0.1, 0.15) is 0 Å². The minimum atomic E-state index is -0.695. The van der Waals surface area contributed by atoms with Crippen molar-refractivity contribution < 1.29 is 9.85 Å². The molecule has 2 rings (SSSR count). The van der Waals surface area contributed by atoms with Gasteiger partial charge in [-0.1, -0.05) is 0 Å². The lowest BCUT2D eigenvalue weighted by Crippen LogP contribution is -2.12. The maximum absolute atomic E-state index is 11.0. The Morgan fingerprint density at radius 3 is 2.67 bits per heavy atom. The van der Waals surface area contributed by atoms with Crippen LogP contribution in [0.2, 0.25) is 0 Å². The normalized spacial score (nSPS) is 10.5. The Balaban J connectivity index is 2.37. The molecule has 1 aromatic carbocycles. The molecule has 0 aliphatic rings. The Kier molecular flexibility index (Phi) is 4.39. The zero-order valence-electron chi connectivity index (χ0n) is 10.4. The summed E-state index contributed by atoms with van der Waals surface area (Å²) in [6.45, 7) is 0.664. The van der Waals surface area contributed by atoms with E-state index in [1.807, 2.05) is 0 Å². The topological polar surface area (TPSA) is 156 Å². The number of hydrogen-bond acceptors (Lipinski definition) is 9. The van der Waals surface area contributed by atoms with E-state index in [0.29, 0.717) is 18.2 Å². The highest BCUT2D eigenvalue weighted by Crippen LogP contribution is 2.35. The first-order valence-electron chi connectivity index (χ1n) is 5.60. The number of benzene rings is 1. The number of nitrogens with two attached hydrogens (primary N) is 1. The predicted octanol–water partition coefficient (Wildman–Crippen LogP) is 0.599. The summed E-state index contributed by atoms with van der Waals surface area (Å²) in [5.41, 5.74) is 4.67. The highest BCUT2D eigenvalue weighted by atomic mass is 32.2. The fourth-order valence-corrected chi connectivity index (χ4v) is 2.36. The summed E-state index contributed by atoms with van der Waals surface area (Å²) in [6.07, 6.45) is 0. The van der Waals surface area contributed by atoms with Crippen molar-refractivity contribution in [1.29, 1.82) is 0 Å². The molecule has 110 valence electrons. The van der Waals surface area contributed by atoms with Crippen molar-refractivity contribution in [3.05, 3.63) is 38.4 Å². The third-order valence-corrected chi connectivity index (χ3v) is 3.43. The standard InChI is InChI=1S/C9H9N7O4S/c10-3-4-14-9(11-12-13-14)21-8-2-1-6(15(17)18)5-7(8)16(19)20/h1-2,5H,3-4,10H2. The van der Waals surface area contributed by atoms with Crippen molar-refractivity contribution in [2.24, 2.45) is 5.73 Å². The van der Waals surface area contributed by atoms with Crippen molar-refractivity contribution >= 4 is 23.1 Å². The van der Waals surface area contributed by atoms with Gasteiger partial charge in [-0.05, 0) is 28.3 Å². The molecule has 0 aliphatic heterocycles. The Bertz CT molecular complexity index is 688. The van der Waals surface area contributed by atoms with Gasteiger partial charge in [0, 0.05) is 12.6 Å². The fourth-order valence-electron chi connectivity index (χ4n) is 1.48. The summed E-state index contributed by atoms with van der Waals surface area (Å²) >= 11 is 0.943. The molecular weight excluding hydrogens is 302 g/mol. The number of nitro groups is 2. The quantitative estimate of drug-likeness (QED) is 0.595. The van der Waals surface area contributed by atoms with Gasteiger partial charge in [0.15, 0.2) is 0 Å². The second-order valence-corrected chi connectivity index (χ2v) is 4.75. The van der Waals surface area contributed by atoms with Crippen LogP contribution in [0.5, 0.6) is 0 Å². The van der Waals surface area contributed by atoms with Gasteiger partial charge in [-0.2, -0.15) is 0 Å². The van der Waals surface area contributed by atoms with E-state index in [0.717, 1.165) is 17.8 Å². The Morgan fingerprint density at radius 1 is 1.29 bits per heavy atom. The van der Waals surface area contributed by atoms with Gasteiger partial charge in [0.05, 0.1) is 27.4 Å². The van der Waals surface area contributed by atoms with E-state index in [9.17, 15) is 20.2 Å². The minimum Gasteiger partial charge on any atom is -0.329 e. The second kappa shape index (κ2) is 6.23. The maximum atomic E-state index is 11.0. The van der Waals surface area contributed by atoms with Gasteiger partial charge < -0.3 is 5.73 Å². The highest BCUT2D eigenvalue weighted by Gasteiger charge is 2.22. The van der Waals surface area contributed by atoms with Gasteiger partial charge in [0.25, 0.3) is 11.4 Å². The highest BCUT2D eigenvalue weighted by molar-refractivity contribution is 7.99. The summed E-state index contributed by atoms with van der Waals surface area (Å²) in [5, 5.41) is 32.9. The number of tetrazole rings is 1. The van der Waals surface area contributed by atoms with Crippen LogP contribution >= 0.6 is 11.8 Å². The molecule has 12 heteroatoms. The van der Waals surface area contributed by atoms with Crippen molar-refractivity contribution in [2.75, 3.05) is 6.54 Å². The molecule has 1 aromatic heterocycles. The van der Waals surface area contributed by atoms with Crippen LogP contribution in [0.4, 0.5) is 11.4 Å². The van der Waals surface area contributed by atoms with Gasteiger partial charge in [-0.3, -0.25) is 20.2 Å². The van der Waals surface area contributed by atoms with Crippen molar-refractivity contribution in [2.45, 2.75) is 16.6 Å². The lowest BCUT2D eigenvalue weighted by molar-refractivity contribution is -0.396. The molecule has 0 bridgehead atoms. The molecule has 21 heavy (non-hydrogen) atoms. The lowest BCUT2D eigenvalue weighted by atomic mass is 10.3. The summed E-state index contributed by atoms with van der Waals surface area (Å²) in [5.74, 6) is 0. The van der Waals surface area contributed by atoms with Crippen LogP contribution in [-0.4, -0.2) is 36.6 Å². The number of aromatic nitrogens is 4. The third kappa shape index (κ3) is 3.29. The van der Waals surface area contributed by atoms with Crippen molar-refractivity contribution in [3.8, 4) is 0 Å². The van der Waals surface area contributed by atoms with Crippen molar-refractivity contribution in [1.82, 2.24) is 20.2 Å². The fraction of sp³-hybridized carbons (Fsp3) is 0.222. The number of nitrogens with zero attached hydrogens (tertiary/aromatic N) is 6. The van der Waals surface area contributed by atoms with Gasteiger partial charge in [-0.25, -0.2) is 4.68 Å². The zero-order valence-corrected chi connectivity index (χ0v) is 11.3. The first-order chi connectivity index (χ1) is 10.0. The molecule has 0 unspecified atom stereocenters. The summed E-state index contributed by atoms with van der Waals surface area (Å²) in [7, 11) is 0. The minimum absolute atomic E-state index is 0.207. The van der Waals surface area contributed by atoms with Crippen LogP contribution < -0.4 is 5.73 Å². The molecule has 2 N–H and O–H groups in total. The molecule has 0 spiro atoms. The monoisotopic (exact) mass is 311 g/mol. The molecule has 0 aliphatic carbocycles. The maximum Gasteiger partial charge on any atom is 0.290 e. The Labute approximate surface area is 121 Å². The molecule has 11 nitrogen and oxygen atoms in total. The van der Waals surface area contributed by atoms with E-state index in [1.54, 1.807) is 0 Å². The summed E-state index contributed by atoms with van der Waals surface area (Å²) in [6, 6.07) is 3.38. The Morgan fingerprint density at radius 2 is 2.05 bits per heavy atom. The molecule has 0 atom stereocenters. The van der Waals surface area contributed by atoms with Gasteiger partial charge in [0.1, 0.15) is 0 Å². The van der Waals surface area contributed by atoms with Gasteiger partial charge >= 0.3 is 0 Å². The Hall–Kier alpha value is -2.60. The molecular formula is C9H9N7O4S. The van der Waals surface area contributed by atoms with Crippen LogP contribution in [-0.2, 0) is 6.54 Å². The van der Waals surface area contributed by atoms with Crippen LogP contribution in [0.15, 0.2) is 28.3 Å². The molecule has 0 saturated carbocycles. The smallest absolute Gasteiger partial charge is 0.290 e. The first kappa shape index (κ1) is 14.8. The zero-order chi connectivity index (χ0) is 15.4. The molecule has 0 saturated heterocycles. The van der Waals surface area contributed by atoms with E-state index < -0.39 is 9.85 Å². The van der Waals surface area contributed by atoms with Gasteiger partial charge in [-0.15, -0.1) is 5.10 Å². The predicted molar refractivity (Wildman–Crippen MR) is 70.7 cm³/mol. The number of hydrogen-bond donors (Lipinski definition) is 1. The summed E-state index contributed by atoms with van der Waals surface area (Å²) < 4.78 is 1.40. The van der Waals surface area contributed by atoms with Crippen LogP contribution in [0.3, 0.4) is 0 Å². The molecule has 1 heterocycles. The third-order valence-electron chi connectivity index (χ3n) is 2.39. The van der Waals surface area contributed by atoms with E-state index >= 15 is 0 Å². The largest absolute Gasteiger partial charge is 0.329 e. The number of rotatable bonds is 6. The van der Waals surface area contributed by atoms with E-state index in [-0.39, 0.29) is 16.3 Å². The van der Waals surface area contributed by atoms with Crippen molar-refractivity contribution in [3.63, 3.8) is 0 Å². The number of nitro benzene ring substituents is 2. The molecule has 0 radical (unpaired) electrons. The average Bonchev–Trinajstić information content (AvgIpc) is 2.86. The van der Waals surface area contributed by atoms with E-state index in [4.69, 9.17) is 5.73 Å². The molecule has 0 fully saturated rings. The SMILES string of the molecule is NCCn1nnnc1Sc1ccc([N+](=O)[O-])cc1[N+](=O)[O-]. The summed E-state index contributed by atoms with van der Waals surface area (Å²) in [4.78, 5) is 20.5. The lowest BCUT2D eigenvalue weighted by Gasteiger charge is -2.03. The number of non-ortho nitro benzene ring substituents is 1. The van der Waals surface area contributed by atoms with Crippen LogP contribution in [0.25, 0.3) is 0 Å². The second-order valence-electron chi connectivity index (χ2n) is 3.74. The van der Waals surface area contributed by atoms with Crippen LogP contribution in [0, 0.1) is 20.2 Å². The van der Waals surface area contributed by atoms with E-state index in [2.05, 4.69) is 15.5 Å². The first-order valence-corrected chi connectivity index (χ1v) is 6.41. The molecule has 0 amide bonds.